The number of fused-ring (bicyclic) bond motifs is 4. The van der Waals surface area contributed by atoms with Gasteiger partial charge in [0.2, 0.25) is 5.88 Å². The molecule has 0 spiro atoms. The number of benzene rings is 1. The number of rotatable bonds is 4. The number of nitrogens with one attached hydrogen (secondary N) is 2. The van der Waals surface area contributed by atoms with Crippen molar-refractivity contribution in [2.45, 2.75) is 44.3 Å². The van der Waals surface area contributed by atoms with Gasteiger partial charge in [0, 0.05) is 35.9 Å². The Morgan fingerprint density at radius 1 is 1.17 bits per heavy atom. The summed E-state index contributed by atoms with van der Waals surface area (Å²) in [6.45, 7) is 0.450. The normalized spacial score (nSPS) is 19.8. The Balaban J connectivity index is 1.14. The summed E-state index contributed by atoms with van der Waals surface area (Å²) in [5.74, 6) is -0.148. The Morgan fingerprint density at radius 3 is 2.81 bits per heavy atom. The van der Waals surface area contributed by atoms with E-state index in [0.717, 1.165) is 31.4 Å². The molecule has 10 heteroatoms. The number of carbonyl (C=O) groups excluding carboxylic acids is 1. The highest BCUT2D eigenvalue weighted by molar-refractivity contribution is 6.02. The Hall–Kier alpha value is -4.23. The van der Waals surface area contributed by atoms with Crippen LogP contribution in [0.25, 0.3) is 21.9 Å². The van der Waals surface area contributed by atoms with Crippen LogP contribution in [0.2, 0.25) is 0 Å². The van der Waals surface area contributed by atoms with E-state index < -0.39 is 11.4 Å². The predicted octanol–water partition coefficient (Wildman–Crippen LogP) is 3.51. The van der Waals surface area contributed by atoms with E-state index in [1.807, 2.05) is 0 Å². The maximum atomic E-state index is 13.8. The van der Waals surface area contributed by atoms with Gasteiger partial charge in [0.15, 0.2) is 6.61 Å². The number of aromatic amines is 1. The monoisotopic (exact) mass is 487 g/mol. The molecule has 1 saturated carbocycles. The number of ether oxygens (including phenoxy) is 1. The third-order valence-corrected chi connectivity index (χ3v) is 6.97. The summed E-state index contributed by atoms with van der Waals surface area (Å²) in [5, 5.41) is 13.7. The number of anilines is 1. The van der Waals surface area contributed by atoms with Gasteiger partial charge in [0.25, 0.3) is 5.91 Å². The summed E-state index contributed by atoms with van der Waals surface area (Å²) >= 11 is 0. The van der Waals surface area contributed by atoms with E-state index in [9.17, 15) is 19.2 Å². The van der Waals surface area contributed by atoms with Gasteiger partial charge in [-0.05, 0) is 56.0 Å². The molecule has 6 rings (SSSR count). The maximum absolute atomic E-state index is 13.8. The Morgan fingerprint density at radius 2 is 2.00 bits per heavy atom. The topological polar surface area (TPSA) is 124 Å². The highest BCUT2D eigenvalue weighted by Gasteiger charge is 2.35. The molecule has 4 heterocycles. The van der Waals surface area contributed by atoms with Gasteiger partial charge in [-0.25, -0.2) is 14.2 Å². The van der Waals surface area contributed by atoms with Crippen molar-refractivity contribution in [1.29, 1.82) is 5.26 Å². The number of aromatic nitrogens is 2. The van der Waals surface area contributed by atoms with E-state index in [0.29, 0.717) is 45.5 Å². The number of H-pyrrole nitrogens is 1. The zero-order valence-electron chi connectivity index (χ0n) is 19.2. The lowest BCUT2D eigenvalue weighted by Crippen LogP contribution is -2.49. The first-order chi connectivity index (χ1) is 17.5. The summed E-state index contributed by atoms with van der Waals surface area (Å²) in [7, 11) is 0. The molecule has 0 bridgehead atoms. The molecule has 1 aliphatic heterocycles. The fourth-order valence-corrected chi connectivity index (χ4v) is 5.23. The second-order valence-corrected chi connectivity index (χ2v) is 9.21. The third-order valence-electron chi connectivity index (χ3n) is 6.97. The molecule has 9 nitrogen and oxygen atoms in total. The minimum atomic E-state index is -0.461. The van der Waals surface area contributed by atoms with E-state index in [-0.39, 0.29) is 24.6 Å². The van der Waals surface area contributed by atoms with Crippen molar-refractivity contribution in [3.8, 4) is 11.9 Å². The first-order valence-corrected chi connectivity index (χ1v) is 11.8. The molecule has 1 fully saturated rings. The molecular weight excluding hydrogens is 465 g/mol. The largest absolute Gasteiger partial charge is 0.466 e. The van der Waals surface area contributed by atoms with E-state index in [4.69, 9.17) is 9.15 Å². The van der Waals surface area contributed by atoms with E-state index in [1.165, 1.54) is 24.4 Å². The molecule has 1 aliphatic carbocycles. The van der Waals surface area contributed by atoms with Gasteiger partial charge < -0.3 is 24.4 Å². The van der Waals surface area contributed by atoms with Crippen LogP contribution in [-0.2, 0) is 11.3 Å². The zero-order valence-corrected chi connectivity index (χ0v) is 19.2. The van der Waals surface area contributed by atoms with Gasteiger partial charge >= 0.3 is 5.63 Å². The van der Waals surface area contributed by atoms with Crippen molar-refractivity contribution in [3.05, 3.63) is 64.0 Å². The maximum Gasteiger partial charge on any atom is 0.345 e. The second-order valence-electron chi connectivity index (χ2n) is 9.21. The fourth-order valence-electron chi connectivity index (χ4n) is 5.23. The van der Waals surface area contributed by atoms with Gasteiger partial charge in [-0.3, -0.25) is 4.79 Å². The molecule has 0 atom stereocenters. The number of carbonyl (C=O) groups is 1. The van der Waals surface area contributed by atoms with Gasteiger partial charge in [0.1, 0.15) is 23.2 Å². The molecular formula is C26H22FN5O4. The number of amides is 1. The van der Waals surface area contributed by atoms with Crippen LogP contribution >= 0.6 is 0 Å². The van der Waals surface area contributed by atoms with Crippen molar-refractivity contribution >= 4 is 33.5 Å². The lowest BCUT2D eigenvalue weighted by Gasteiger charge is -2.39. The molecule has 4 aromatic rings. The lowest BCUT2D eigenvalue weighted by molar-refractivity contribution is -0.122. The lowest BCUT2D eigenvalue weighted by atomic mass is 9.89. The Bertz CT molecular complexity index is 1600. The van der Waals surface area contributed by atoms with E-state index >= 15 is 0 Å². The highest BCUT2D eigenvalue weighted by Crippen LogP contribution is 2.36. The minimum absolute atomic E-state index is 0.00733. The molecule has 0 radical (unpaired) electrons. The standard InChI is InChI=1S/C26H22FN5O4/c27-15-1-6-22-19(8-15)24-20(26(34)36-22)9-17(31-24)12-29-16-2-4-18(5-3-16)32-21-7-14(10-28)11-30-25(21)35-13-23(32)33/h1,6-9,11,16,18,29,31H,2-5,12-13H2/t16-,18+. The van der Waals surface area contributed by atoms with Crippen molar-refractivity contribution < 1.29 is 18.3 Å². The molecule has 0 unspecified atom stereocenters. The molecule has 0 saturated heterocycles. The first-order valence-electron chi connectivity index (χ1n) is 11.8. The smallest absolute Gasteiger partial charge is 0.345 e. The number of hydrogen-bond donors (Lipinski definition) is 2. The van der Waals surface area contributed by atoms with Crippen molar-refractivity contribution in [3.63, 3.8) is 0 Å². The predicted molar refractivity (Wildman–Crippen MR) is 129 cm³/mol. The van der Waals surface area contributed by atoms with Gasteiger partial charge in [-0.1, -0.05) is 0 Å². The number of nitrogens with zero attached hydrogens (tertiary/aromatic N) is 3. The molecule has 2 aliphatic rings. The number of pyridine rings is 1. The van der Waals surface area contributed by atoms with Crippen LogP contribution in [0.3, 0.4) is 0 Å². The van der Waals surface area contributed by atoms with Crippen LogP contribution in [0, 0.1) is 17.1 Å². The highest BCUT2D eigenvalue weighted by atomic mass is 19.1. The van der Waals surface area contributed by atoms with Crippen LogP contribution in [0.1, 0.15) is 36.9 Å². The number of hydrogen-bond acceptors (Lipinski definition) is 7. The van der Waals surface area contributed by atoms with E-state index in [2.05, 4.69) is 21.4 Å². The minimum Gasteiger partial charge on any atom is -0.466 e. The van der Waals surface area contributed by atoms with E-state index in [1.54, 1.807) is 17.0 Å². The van der Waals surface area contributed by atoms with Crippen LogP contribution < -0.4 is 20.6 Å². The molecule has 36 heavy (non-hydrogen) atoms. The molecule has 1 aromatic carbocycles. The SMILES string of the molecule is N#Cc1cnc2c(c1)N([C@H]1CC[C@@H](NCc3cc4c(=O)oc5ccc(F)cc5c4[nH]3)CC1)C(=O)CO2. The van der Waals surface area contributed by atoms with Gasteiger partial charge in [-0.15, -0.1) is 0 Å². The van der Waals surface area contributed by atoms with Gasteiger partial charge in [0.05, 0.1) is 16.5 Å². The average molecular weight is 487 g/mol. The average Bonchev–Trinajstić information content (AvgIpc) is 3.33. The Kier molecular flexibility index (Phi) is 5.42. The summed E-state index contributed by atoms with van der Waals surface area (Å²) in [6, 6.07) is 9.79. The summed E-state index contributed by atoms with van der Waals surface area (Å²) < 4.78 is 24.6. The summed E-state index contributed by atoms with van der Waals surface area (Å²) in [4.78, 5) is 34.2. The molecule has 2 N–H and O–H groups in total. The van der Waals surface area contributed by atoms with Crippen LogP contribution in [0.15, 0.2) is 45.7 Å². The fraction of sp³-hybridized carbons (Fsp3) is 0.308. The van der Waals surface area contributed by atoms with Crippen LogP contribution in [-0.4, -0.2) is 34.6 Å². The molecule has 182 valence electrons. The first kappa shape index (κ1) is 22.2. The summed E-state index contributed by atoms with van der Waals surface area (Å²) in [5.41, 5.74) is 2.19. The Labute approximate surface area is 204 Å². The zero-order chi connectivity index (χ0) is 24.8. The van der Waals surface area contributed by atoms with Crippen molar-refractivity contribution in [2.75, 3.05) is 11.5 Å². The van der Waals surface area contributed by atoms with Crippen molar-refractivity contribution in [1.82, 2.24) is 15.3 Å². The van der Waals surface area contributed by atoms with Crippen LogP contribution in [0.4, 0.5) is 10.1 Å². The van der Waals surface area contributed by atoms with Gasteiger partial charge in [-0.2, -0.15) is 5.26 Å². The quantitative estimate of drug-likeness (QED) is 0.422. The molecule has 3 aromatic heterocycles. The van der Waals surface area contributed by atoms with Crippen LogP contribution in [0.5, 0.6) is 5.88 Å². The number of halogens is 1. The third kappa shape index (κ3) is 3.87. The van der Waals surface area contributed by atoms with Crippen molar-refractivity contribution in [2.24, 2.45) is 0 Å². The number of nitriles is 1. The molecule has 1 amide bonds. The summed E-state index contributed by atoms with van der Waals surface area (Å²) in [6.07, 6.45) is 4.74. The second kappa shape index (κ2) is 8.77.